The second-order valence-corrected chi connectivity index (χ2v) is 7.46. The van der Waals surface area contributed by atoms with Crippen LogP contribution in [0.5, 0.6) is 5.75 Å². The zero-order valence-electron chi connectivity index (χ0n) is 16.5. The van der Waals surface area contributed by atoms with Gasteiger partial charge in [0, 0.05) is 49.5 Å². The Morgan fingerprint density at radius 2 is 1.66 bits per heavy atom. The van der Waals surface area contributed by atoms with Gasteiger partial charge in [-0.2, -0.15) is 5.10 Å². The number of nitrogens with zero attached hydrogens (tertiary/aromatic N) is 4. The number of hydrogen-bond acceptors (Lipinski definition) is 4. The smallest absolute Gasteiger partial charge is 0.272 e. The molecule has 29 heavy (non-hydrogen) atoms. The fourth-order valence-electron chi connectivity index (χ4n) is 3.55. The van der Waals surface area contributed by atoms with Gasteiger partial charge in [-0.25, -0.2) is 0 Å². The van der Waals surface area contributed by atoms with Crippen LogP contribution in [-0.2, 0) is 7.05 Å². The molecule has 1 fully saturated rings. The standard InChI is InChI=1S/C22H23ClN4O2/c1-25-21(15-20(24-25)16-3-5-17(23)6-4-16)22(28)27-13-11-26(12-14-27)18-7-9-19(29-2)10-8-18/h3-10,15H,11-14H2,1-2H3. The van der Waals surface area contributed by atoms with Crippen molar-refractivity contribution >= 4 is 23.2 Å². The van der Waals surface area contributed by atoms with Gasteiger partial charge >= 0.3 is 0 Å². The van der Waals surface area contributed by atoms with E-state index >= 15 is 0 Å². The molecule has 1 aliphatic heterocycles. The van der Waals surface area contributed by atoms with Gasteiger partial charge in [-0.15, -0.1) is 0 Å². The summed E-state index contributed by atoms with van der Waals surface area (Å²) in [4.78, 5) is 17.2. The van der Waals surface area contributed by atoms with E-state index in [1.807, 2.05) is 47.4 Å². The monoisotopic (exact) mass is 410 g/mol. The van der Waals surface area contributed by atoms with Gasteiger partial charge in [-0.05, 0) is 42.5 Å². The summed E-state index contributed by atoms with van der Waals surface area (Å²) >= 11 is 5.96. The van der Waals surface area contributed by atoms with Gasteiger partial charge < -0.3 is 14.5 Å². The molecule has 150 valence electrons. The first-order chi connectivity index (χ1) is 14.0. The lowest BCUT2D eigenvalue weighted by molar-refractivity contribution is 0.0735. The van der Waals surface area contributed by atoms with Crippen molar-refractivity contribution in [3.05, 3.63) is 65.3 Å². The molecule has 7 heteroatoms. The summed E-state index contributed by atoms with van der Waals surface area (Å²) in [5.41, 5.74) is 3.44. The molecule has 1 amide bonds. The van der Waals surface area contributed by atoms with Crippen molar-refractivity contribution in [3.63, 3.8) is 0 Å². The summed E-state index contributed by atoms with van der Waals surface area (Å²) in [6, 6.07) is 17.3. The van der Waals surface area contributed by atoms with Crippen LogP contribution in [0.1, 0.15) is 10.5 Å². The molecule has 0 saturated carbocycles. The molecule has 6 nitrogen and oxygen atoms in total. The normalized spacial score (nSPS) is 14.2. The van der Waals surface area contributed by atoms with Crippen molar-refractivity contribution in [1.82, 2.24) is 14.7 Å². The van der Waals surface area contributed by atoms with E-state index in [1.54, 1.807) is 18.8 Å². The number of piperazine rings is 1. The van der Waals surface area contributed by atoms with Crippen LogP contribution in [-0.4, -0.2) is 53.9 Å². The summed E-state index contributed by atoms with van der Waals surface area (Å²) < 4.78 is 6.87. The van der Waals surface area contributed by atoms with E-state index in [0.29, 0.717) is 23.8 Å². The Balaban J connectivity index is 1.43. The third-order valence-electron chi connectivity index (χ3n) is 5.24. The Kier molecular flexibility index (Phi) is 5.45. The maximum absolute atomic E-state index is 13.1. The second-order valence-electron chi connectivity index (χ2n) is 7.02. The number of ether oxygens (including phenoxy) is 1. The lowest BCUT2D eigenvalue weighted by Gasteiger charge is -2.36. The third kappa shape index (κ3) is 4.07. The average molecular weight is 411 g/mol. The number of amides is 1. The van der Waals surface area contributed by atoms with E-state index in [1.165, 1.54) is 0 Å². The molecule has 2 heterocycles. The van der Waals surface area contributed by atoms with Gasteiger partial charge in [0.1, 0.15) is 11.4 Å². The SMILES string of the molecule is COc1ccc(N2CCN(C(=O)c3cc(-c4ccc(Cl)cc4)nn3C)CC2)cc1. The Morgan fingerprint density at radius 1 is 1.00 bits per heavy atom. The molecular formula is C22H23ClN4O2. The molecule has 0 N–H and O–H groups in total. The molecule has 0 atom stereocenters. The van der Waals surface area contributed by atoms with E-state index in [4.69, 9.17) is 16.3 Å². The van der Waals surface area contributed by atoms with Crippen molar-refractivity contribution < 1.29 is 9.53 Å². The lowest BCUT2D eigenvalue weighted by Crippen LogP contribution is -2.49. The number of methoxy groups -OCH3 is 1. The number of benzene rings is 2. The van der Waals surface area contributed by atoms with Gasteiger partial charge in [0.25, 0.3) is 5.91 Å². The van der Waals surface area contributed by atoms with Crippen molar-refractivity contribution in [3.8, 4) is 17.0 Å². The highest BCUT2D eigenvalue weighted by Gasteiger charge is 2.25. The maximum Gasteiger partial charge on any atom is 0.272 e. The van der Waals surface area contributed by atoms with E-state index in [-0.39, 0.29) is 5.91 Å². The van der Waals surface area contributed by atoms with Crippen LogP contribution in [0.3, 0.4) is 0 Å². The van der Waals surface area contributed by atoms with E-state index in [2.05, 4.69) is 22.1 Å². The van der Waals surface area contributed by atoms with Crippen LogP contribution < -0.4 is 9.64 Å². The summed E-state index contributed by atoms with van der Waals surface area (Å²) in [7, 11) is 3.47. The quantitative estimate of drug-likeness (QED) is 0.658. The zero-order chi connectivity index (χ0) is 20.4. The number of carbonyl (C=O) groups excluding carboxylic acids is 1. The minimum atomic E-state index is 0.00888. The topological polar surface area (TPSA) is 50.6 Å². The Labute approximate surface area is 175 Å². The first kappa shape index (κ1) is 19.3. The fourth-order valence-corrected chi connectivity index (χ4v) is 3.68. The Hall–Kier alpha value is -2.99. The predicted molar refractivity (Wildman–Crippen MR) is 115 cm³/mol. The van der Waals surface area contributed by atoms with E-state index < -0.39 is 0 Å². The largest absolute Gasteiger partial charge is 0.497 e. The van der Waals surface area contributed by atoms with E-state index in [0.717, 1.165) is 35.8 Å². The molecule has 4 rings (SSSR count). The first-order valence-corrected chi connectivity index (χ1v) is 9.91. The lowest BCUT2D eigenvalue weighted by atomic mass is 10.1. The average Bonchev–Trinajstić information content (AvgIpc) is 3.15. The second kappa shape index (κ2) is 8.17. The zero-order valence-corrected chi connectivity index (χ0v) is 17.3. The molecule has 1 aromatic heterocycles. The van der Waals surface area contributed by atoms with Gasteiger partial charge in [-0.1, -0.05) is 23.7 Å². The number of rotatable bonds is 4. The summed E-state index contributed by atoms with van der Waals surface area (Å²) in [6.07, 6.45) is 0. The molecular weight excluding hydrogens is 388 g/mol. The summed E-state index contributed by atoms with van der Waals surface area (Å²) in [5, 5.41) is 5.19. The highest BCUT2D eigenvalue weighted by atomic mass is 35.5. The molecule has 0 radical (unpaired) electrons. The third-order valence-corrected chi connectivity index (χ3v) is 5.50. The highest BCUT2D eigenvalue weighted by molar-refractivity contribution is 6.30. The van der Waals surface area contributed by atoms with Crippen LogP contribution in [0.15, 0.2) is 54.6 Å². The van der Waals surface area contributed by atoms with Crippen LogP contribution in [0.25, 0.3) is 11.3 Å². The van der Waals surface area contributed by atoms with Gasteiger partial charge in [0.2, 0.25) is 0 Å². The summed E-state index contributed by atoms with van der Waals surface area (Å²) in [6.45, 7) is 2.93. The molecule has 2 aromatic carbocycles. The number of aromatic nitrogens is 2. The highest BCUT2D eigenvalue weighted by Crippen LogP contribution is 2.23. The van der Waals surface area contributed by atoms with Crippen LogP contribution in [0.4, 0.5) is 5.69 Å². The molecule has 0 bridgehead atoms. The van der Waals surface area contributed by atoms with E-state index in [9.17, 15) is 4.79 Å². The van der Waals surface area contributed by atoms with Crippen molar-refractivity contribution in [1.29, 1.82) is 0 Å². The molecule has 0 unspecified atom stereocenters. The van der Waals surface area contributed by atoms with Crippen LogP contribution >= 0.6 is 11.6 Å². The number of carbonyl (C=O) groups is 1. The Morgan fingerprint density at radius 3 is 2.28 bits per heavy atom. The molecule has 1 saturated heterocycles. The van der Waals surface area contributed by atoms with Crippen molar-refractivity contribution in [2.24, 2.45) is 7.05 Å². The number of hydrogen-bond donors (Lipinski definition) is 0. The molecule has 1 aliphatic rings. The maximum atomic E-state index is 13.1. The molecule has 0 spiro atoms. The first-order valence-electron chi connectivity index (χ1n) is 9.53. The molecule has 3 aromatic rings. The van der Waals surface area contributed by atoms with Gasteiger partial charge in [-0.3, -0.25) is 9.48 Å². The van der Waals surface area contributed by atoms with Crippen LogP contribution in [0.2, 0.25) is 5.02 Å². The van der Waals surface area contributed by atoms with Gasteiger partial charge in [0.15, 0.2) is 0 Å². The minimum Gasteiger partial charge on any atom is -0.497 e. The Bertz CT molecular complexity index is 991. The minimum absolute atomic E-state index is 0.00888. The number of aryl methyl sites for hydroxylation is 1. The van der Waals surface area contributed by atoms with Crippen molar-refractivity contribution in [2.45, 2.75) is 0 Å². The van der Waals surface area contributed by atoms with Gasteiger partial charge in [0.05, 0.1) is 12.8 Å². The predicted octanol–water partition coefficient (Wildman–Crippen LogP) is 3.71. The number of halogens is 1. The van der Waals surface area contributed by atoms with Crippen LogP contribution in [0, 0.1) is 0 Å². The number of anilines is 1. The summed E-state index contributed by atoms with van der Waals surface area (Å²) in [5.74, 6) is 0.852. The fraction of sp³-hybridized carbons (Fsp3) is 0.273. The van der Waals surface area contributed by atoms with Crippen molar-refractivity contribution in [2.75, 3.05) is 38.2 Å². The molecule has 0 aliphatic carbocycles.